The largest absolute Gasteiger partial charge is 0.460 e. The van der Waals surface area contributed by atoms with Crippen LogP contribution in [0.2, 0.25) is 5.82 Å². The minimum atomic E-state index is -0.678. The fourth-order valence-corrected chi connectivity index (χ4v) is 3.97. The van der Waals surface area contributed by atoms with Gasteiger partial charge in [0.25, 0.3) is 5.91 Å². The number of rotatable bonds is 10. The number of nitrogens with one attached hydrogen (secondary N) is 1. The number of hydrogen-bond acceptors (Lipinski definition) is 6. The summed E-state index contributed by atoms with van der Waals surface area (Å²) in [5.74, 6) is -0.135. The van der Waals surface area contributed by atoms with Crippen molar-refractivity contribution in [2.75, 3.05) is 6.61 Å². The molecule has 1 fully saturated rings. The topological polar surface area (TPSA) is 90.4 Å². The number of aromatic nitrogens is 2. The summed E-state index contributed by atoms with van der Waals surface area (Å²) in [5, 5.41) is 2.88. The van der Waals surface area contributed by atoms with Gasteiger partial charge in [-0.2, -0.15) is 0 Å². The second-order valence-electron chi connectivity index (χ2n) is 8.84. The van der Waals surface area contributed by atoms with E-state index < -0.39 is 19.1 Å². The molecule has 0 saturated carbocycles. The Morgan fingerprint density at radius 1 is 1.22 bits per heavy atom. The number of nitrogens with zero attached hydrogens (tertiary/aromatic N) is 2. The van der Waals surface area contributed by atoms with Gasteiger partial charge in [-0.3, -0.25) is 14.6 Å². The Kier molecular flexibility index (Phi) is 8.94. The molecule has 32 heavy (non-hydrogen) atoms. The lowest BCUT2D eigenvalue weighted by Crippen LogP contribution is -2.45. The van der Waals surface area contributed by atoms with Crippen LogP contribution in [0.25, 0.3) is 0 Å². The Balaban J connectivity index is 1.76. The molecule has 170 valence electrons. The van der Waals surface area contributed by atoms with Gasteiger partial charge in [0.15, 0.2) is 5.78 Å². The number of amides is 1. The second-order valence-corrected chi connectivity index (χ2v) is 8.84. The van der Waals surface area contributed by atoms with Gasteiger partial charge in [-0.05, 0) is 37.7 Å². The number of carbonyl (C=O) groups excluding carboxylic acids is 2. The van der Waals surface area contributed by atoms with E-state index in [-0.39, 0.29) is 29.8 Å². The fraction of sp³-hybridized carbons (Fsp3) is 0.500. The maximum Gasteiger partial charge on any atom is 0.460 e. The van der Waals surface area contributed by atoms with Crippen LogP contribution in [0.3, 0.4) is 0 Å². The number of benzene rings is 1. The summed E-state index contributed by atoms with van der Waals surface area (Å²) >= 11 is 0. The minimum Gasteiger partial charge on any atom is -0.411 e. The molecule has 0 bridgehead atoms. The summed E-state index contributed by atoms with van der Waals surface area (Å²) in [6.45, 7) is 6.91. The first-order valence-corrected chi connectivity index (χ1v) is 11.3. The normalized spacial score (nSPS) is 18.2. The molecule has 1 aliphatic heterocycles. The highest BCUT2D eigenvalue weighted by molar-refractivity contribution is 6.47. The maximum absolute atomic E-state index is 13.5. The minimum absolute atomic E-state index is 0.0397. The van der Waals surface area contributed by atoms with E-state index in [2.05, 4.69) is 29.1 Å². The van der Waals surface area contributed by atoms with Gasteiger partial charge >= 0.3 is 7.12 Å². The summed E-state index contributed by atoms with van der Waals surface area (Å²) in [6, 6.07) is 9.01. The first-order valence-electron chi connectivity index (χ1n) is 11.3. The van der Waals surface area contributed by atoms with E-state index in [1.165, 1.54) is 18.6 Å². The van der Waals surface area contributed by atoms with Crippen molar-refractivity contribution in [2.45, 2.75) is 64.4 Å². The van der Waals surface area contributed by atoms with Crippen LogP contribution in [0.1, 0.15) is 56.1 Å². The van der Waals surface area contributed by atoms with Crippen molar-refractivity contribution in [3.8, 4) is 0 Å². The van der Waals surface area contributed by atoms with Crippen LogP contribution in [-0.4, -0.2) is 47.5 Å². The first kappa shape index (κ1) is 24.1. The average molecular weight is 437 g/mol. The van der Waals surface area contributed by atoms with Crippen LogP contribution in [-0.2, 0) is 20.5 Å². The van der Waals surface area contributed by atoms with E-state index in [4.69, 9.17) is 9.31 Å². The molecule has 2 aromatic rings. The monoisotopic (exact) mass is 437 g/mol. The number of hydrogen-bond donors (Lipinski definition) is 1. The zero-order chi connectivity index (χ0) is 22.9. The highest BCUT2D eigenvalue weighted by atomic mass is 16.6. The van der Waals surface area contributed by atoms with Gasteiger partial charge in [0.1, 0.15) is 5.69 Å². The fourth-order valence-electron chi connectivity index (χ4n) is 3.97. The van der Waals surface area contributed by atoms with E-state index in [1.807, 2.05) is 37.3 Å². The Hall–Kier alpha value is -2.58. The molecule has 7 nitrogen and oxygen atoms in total. The van der Waals surface area contributed by atoms with E-state index in [0.717, 1.165) is 18.4 Å². The lowest BCUT2D eigenvalue weighted by atomic mass is 9.64. The zero-order valence-electron chi connectivity index (χ0n) is 19.1. The molecule has 1 amide bonds. The second kappa shape index (κ2) is 11.9. The molecule has 1 aromatic carbocycles. The van der Waals surface area contributed by atoms with Gasteiger partial charge in [-0.1, -0.05) is 44.2 Å². The number of Topliss-reactive ketones (excluding diaryl/α,β-unsaturated/α-hetero) is 1. The van der Waals surface area contributed by atoms with E-state index in [0.29, 0.717) is 18.9 Å². The van der Waals surface area contributed by atoms with Crippen molar-refractivity contribution >= 4 is 18.8 Å². The predicted molar refractivity (Wildman–Crippen MR) is 123 cm³/mol. The number of ketones is 1. The molecule has 3 atom stereocenters. The van der Waals surface area contributed by atoms with E-state index >= 15 is 0 Å². The molecule has 3 unspecified atom stereocenters. The Morgan fingerprint density at radius 2 is 2.00 bits per heavy atom. The zero-order valence-corrected chi connectivity index (χ0v) is 19.1. The highest BCUT2D eigenvalue weighted by Gasteiger charge is 2.37. The van der Waals surface area contributed by atoms with Crippen LogP contribution < -0.4 is 5.32 Å². The molecule has 1 aliphatic rings. The predicted octanol–water partition coefficient (Wildman–Crippen LogP) is 3.51. The standard InChI is InChI=1S/C24H32BN3O4/c1-17(2)13-20(25-31-12-9-18(3)32-25)15-23(29)21(14-19-7-5-4-6-8-19)28-24(30)22-16-26-10-11-27-22/h4-8,10-11,16-18,20-21H,9,12-15H2,1-3H3,(H,28,30). The van der Waals surface area contributed by atoms with E-state index in [1.54, 1.807) is 0 Å². The summed E-state index contributed by atoms with van der Waals surface area (Å²) < 4.78 is 11.9. The lowest BCUT2D eigenvalue weighted by Gasteiger charge is -2.32. The van der Waals surface area contributed by atoms with Crippen molar-refractivity contribution in [1.29, 1.82) is 0 Å². The third kappa shape index (κ3) is 7.24. The maximum atomic E-state index is 13.5. The molecule has 2 heterocycles. The molecule has 0 aliphatic carbocycles. The molecular weight excluding hydrogens is 405 g/mol. The van der Waals surface area contributed by atoms with Crippen molar-refractivity contribution < 1.29 is 18.9 Å². The van der Waals surface area contributed by atoms with E-state index in [9.17, 15) is 9.59 Å². The molecule has 3 rings (SSSR count). The van der Waals surface area contributed by atoms with Crippen LogP contribution in [0.4, 0.5) is 0 Å². The van der Waals surface area contributed by atoms with Crippen LogP contribution in [0.5, 0.6) is 0 Å². The number of carbonyl (C=O) groups is 2. The quantitative estimate of drug-likeness (QED) is 0.573. The Bertz CT molecular complexity index is 866. The van der Waals surface area contributed by atoms with Crippen LogP contribution in [0, 0.1) is 5.92 Å². The third-order valence-electron chi connectivity index (χ3n) is 5.57. The molecule has 1 saturated heterocycles. The average Bonchev–Trinajstić information content (AvgIpc) is 2.79. The van der Waals surface area contributed by atoms with Crippen LogP contribution in [0.15, 0.2) is 48.9 Å². The van der Waals surface area contributed by atoms with Gasteiger partial charge in [0, 0.05) is 37.3 Å². The Morgan fingerprint density at radius 3 is 2.66 bits per heavy atom. The summed E-state index contributed by atoms with van der Waals surface area (Å²) in [4.78, 5) is 34.2. The van der Waals surface area contributed by atoms with Gasteiger partial charge < -0.3 is 14.6 Å². The van der Waals surface area contributed by atoms with Crippen LogP contribution >= 0.6 is 0 Å². The van der Waals surface area contributed by atoms with Gasteiger partial charge in [0.05, 0.1) is 12.2 Å². The smallest absolute Gasteiger partial charge is 0.411 e. The van der Waals surface area contributed by atoms with Crippen molar-refractivity contribution in [2.24, 2.45) is 5.92 Å². The molecule has 0 radical (unpaired) electrons. The molecule has 8 heteroatoms. The summed E-state index contributed by atoms with van der Waals surface area (Å²) in [6.07, 6.45) is 6.80. The molecule has 0 spiro atoms. The van der Waals surface area contributed by atoms with Crippen molar-refractivity contribution in [1.82, 2.24) is 15.3 Å². The van der Waals surface area contributed by atoms with Gasteiger partial charge in [0.2, 0.25) is 0 Å². The first-order chi connectivity index (χ1) is 15.4. The summed E-state index contributed by atoms with van der Waals surface area (Å²) in [5.41, 5.74) is 1.16. The molecule has 1 aromatic heterocycles. The summed E-state index contributed by atoms with van der Waals surface area (Å²) in [7, 11) is -0.404. The lowest BCUT2D eigenvalue weighted by molar-refractivity contribution is -0.121. The SMILES string of the molecule is CC(C)CC(CC(=O)C(Cc1ccccc1)NC(=O)c1cnccn1)B1OCCC(C)O1. The van der Waals surface area contributed by atoms with Crippen molar-refractivity contribution in [3.63, 3.8) is 0 Å². The highest BCUT2D eigenvalue weighted by Crippen LogP contribution is 2.30. The third-order valence-corrected chi connectivity index (χ3v) is 5.57. The van der Waals surface area contributed by atoms with Gasteiger partial charge in [-0.15, -0.1) is 0 Å². The van der Waals surface area contributed by atoms with Gasteiger partial charge in [-0.25, -0.2) is 4.98 Å². The molecular formula is C24H32BN3O4. The van der Waals surface area contributed by atoms with Crippen molar-refractivity contribution in [3.05, 3.63) is 60.2 Å². The Labute approximate surface area is 190 Å². The molecule has 1 N–H and O–H groups in total.